The molecule has 0 aromatic carbocycles. The van der Waals surface area contributed by atoms with E-state index in [4.69, 9.17) is 0 Å². The smallest absolute Gasteiger partial charge is 0.216 e. The van der Waals surface area contributed by atoms with Crippen LogP contribution in [0.1, 0.15) is 54.2 Å². The highest BCUT2D eigenvalue weighted by molar-refractivity contribution is 7.97. The van der Waals surface area contributed by atoms with Crippen molar-refractivity contribution in [3.8, 4) is 0 Å². The average molecular weight is 237 g/mol. The van der Waals surface area contributed by atoms with Crippen LogP contribution >= 0.6 is 12.6 Å². The van der Waals surface area contributed by atoms with E-state index >= 15 is 0 Å². The summed E-state index contributed by atoms with van der Waals surface area (Å²) in [6, 6.07) is 1.76. The molecule has 88 valence electrons. The number of rotatable bonds is 6. The molecule has 0 saturated heterocycles. The van der Waals surface area contributed by atoms with Crippen molar-refractivity contribution < 1.29 is 4.79 Å². The molecule has 0 fully saturated rings. The Morgan fingerprint density at radius 1 is 1.38 bits per heavy atom. The lowest BCUT2D eigenvalue weighted by atomic mass is 10.0. The Balaban J connectivity index is 2.73. The van der Waals surface area contributed by atoms with Crippen LogP contribution < -0.4 is 0 Å². The molecule has 0 aliphatic heterocycles. The van der Waals surface area contributed by atoms with Gasteiger partial charge in [0.25, 0.3) is 0 Å². The maximum atomic E-state index is 11.3. The lowest BCUT2D eigenvalue weighted by molar-refractivity contribution is 0.109. The van der Waals surface area contributed by atoms with Gasteiger partial charge in [-0.3, -0.25) is 9.78 Å². The number of aromatic nitrogens is 1. The summed E-state index contributed by atoms with van der Waals surface area (Å²) in [6.45, 7) is 4.15. The summed E-state index contributed by atoms with van der Waals surface area (Å²) >= 11 is 3.90. The first-order chi connectivity index (χ1) is 7.66. The molecule has 0 spiro atoms. The number of carbonyl (C=O) groups is 1. The van der Waals surface area contributed by atoms with Gasteiger partial charge >= 0.3 is 0 Å². The van der Waals surface area contributed by atoms with E-state index in [0.29, 0.717) is 5.56 Å². The van der Waals surface area contributed by atoms with Gasteiger partial charge in [-0.05, 0) is 31.4 Å². The summed E-state index contributed by atoms with van der Waals surface area (Å²) in [5.74, 6) is 0. The fraction of sp³-hybridized carbons (Fsp3) is 0.538. The third kappa shape index (κ3) is 3.63. The molecule has 2 nitrogen and oxygen atoms in total. The summed E-state index contributed by atoms with van der Waals surface area (Å²) in [7, 11) is 0. The highest BCUT2D eigenvalue weighted by atomic mass is 32.1. The van der Waals surface area contributed by atoms with Crippen LogP contribution in [-0.4, -0.2) is 10.1 Å². The summed E-state index contributed by atoms with van der Waals surface area (Å²) in [4.78, 5) is 15.6. The van der Waals surface area contributed by atoms with Gasteiger partial charge in [-0.25, -0.2) is 0 Å². The zero-order valence-corrected chi connectivity index (χ0v) is 10.9. The van der Waals surface area contributed by atoms with Crippen LogP contribution in [0.5, 0.6) is 0 Å². The van der Waals surface area contributed by atoms with Crippen molar-refractivity contribution in [3.05, 3.63) is 29.1 Å². The van der Waals surface area contributed by atoms with E-state index in [-0.39, 0.29) is 5.12 Å². The third-order valence-corrected chi connectivity index (χ3v) is 3.02. The minimum Gasteiger partial charge on any atom is -0.282 e. The van der Waals surface area contributed by atoms with Crippen molar-refractivity contribution in [1.29, 1.82) is 0 Å². The predicted molar refractivity (Wildman–Crippen MR) is 70.1 cm³/mol. The second-order valence-electron chi connectivity index (χ2n) is 4.04. The van der Waals surface area contributed by atoms with Gasteiger partial charge in [0.2, 0.25) is 5.12 Å². The molecule has 0 N–H and O–H groups in total. The van der Waals surface area contributed by atoms with Gasteiger partial charge in [0.1, 0.15) is 0 Å². The Hall–Kier alpha value is -0.830. The molecule has 1 aromatic heterocycles. The third-order valence-electron chi connectivity index (χ3n) is 2.78. The Labute approximate surface area is 103 Å². The van der Waals surface area contributed by atoms with Crippen molar-refractivity contribution in [1.82, 2.24) is 4.98 Å². The summed E-state index contributed by atoms with van der Waals surface area (Å²) < 4.78 is 0. The second kappa shape index (κ2) is 6.69. The molecule has 3 heteroatoms. The van der Waals surface area contributed by atoms with E-state index < -0.39 is 0 Å². The number of thiol groups is 1. The first-order valence-corrected chi connectivity index (χ1v) is 6.29. The Morgan fingerprint density at radius 3 is 2.75 bits per heavy atom. The molecular weight excluding hydrogens is 218 g/mol. The molecule has 0 amide bonds. The molecule has 16 heavy (non-hydrogen) atoms. The fourth-order valence-corrected chi connectivity index (χ4v) is 2.05. The molecule has 0 bridgehead atoms. The quantitative estimate of drug-likeness (QED) is 0.605. The largest absolute Gasteiger partial charge is 0.282 e. The normalized spacial score (nSPS) is 10.4. The average Bonchev–Trinajstić information content (AvgIpc) is 2.25. The van der Waals surface area contributed by atoms with E-state index in [0.717, 1.165) is 24.1 Å². The van der Waals surface area contributed by atoms with Gasteiger partial charge in [-0.15, -0.1) is 12.6 Å². The van der Waals surface area contributed by atoms with Gasteiger partial charge in [-0.1, -0.05) is 26.2 Å². The summed E-state index contributed by atoms with van der Waals surface area (Å²) in [6.07, 6.45) is 7.42. The molecule has 0 aliphatic carbocycles. The van der Waals surface area contributed by atoms with E-state index in [9.17, 15) is 4.79 Å². The molecule has 0 saturated carbocycles. The van der Waals surface area contributed by atoms with Crippen LogP contribution in [0, 0.1) is 6.92 Å². The number of nitrogens with zero attached hydrogens (tertiary/aromatic N) is 1. The highest BCUT2D eigenvalue weighted by Gasteiger charge is 2.10. The molecule has 1 aromatic rings. The lowest BCUT2D eigenvalue weighted by Crippen LogP contribution is -2.02. The van der Waals surface area contributed by atoms with Gasteiger partial charge in [0, 0.05) is 17.5 Å². The lowest BCUT2D eigenvalue weighted by Gasteiger charge is -2.08. The predicted octanol–water partition coefficient (Wildman–Crippen LogP) is 3.58. The van der Waals surface area contributed by atoms with Crippen LogP contribution in [0.3, 0.4) is 0 Å². The molecular formula is C13H19NOS. The van der Waals surface area contributed by atoms with Crippen molar-refractivity contribution in [2.75, 3.05) is 0 Å². The number of pyridine rings is 1. The zero-order valence-electron chi connectivity index (χ0n) is 9.99. The van der Waals surface area contributed by atoms with Crippen LogP contribution in [0.15, 0.2) is 12.3 Å². The van der Waals surface area contributed by atoms with Gasteiger partial charge < -0.3 is 0 Å². The SMILES string of the molecule is CCCCCCc1c(C(=O)S)ccnc1C. The van der Waals surface area contributed by atoms with Gasteiger partial charge in [0.15, 0.2) is 0 Å². The molecule has 0 atom stereocenters. The maximum Gasteiger partial charge on any atom is 0.216 e. The molecule has 1 rings (SSSR count). The van der Waals surface area contributed by atoms with Gasteiger partial charge in [-0.2, -0.15) is 0 Å². The monoisotopic (exact) mass is 237 g/mol. The first-order valence-electron chi connectivity index (χ1n) is 5.84. The fourth-order valence-electron chi connectivity index (χ4n) is 1.84. The zero-order chi connectivity index (χ0) is 12.0. The maximum absolute atomic E-state index is 11.3. The molecule has 0 aliphatic rings. The standard InChI is InChI=1S/C13H19NOS/c1-3-4-5-6-7-11-10(2)14-9-8-12(11)13(15)16/h8-9H,3-7H2,1-2H3,(H,15,16). The summed E-state index contributed by atoms with van der Waals surface area (Å²) in [5.41, 5.74) is 2.74. The van der Waals surface area contributed by atoms with E-state index in [2.05, 4.69) is 24.5 Å². The van der Waals surface area contributed by atoms with Crippen LogP contribution in [-0.2, 0) is 6.42 Å². The van der Waals surface area contributed by atoms with Crippen molar-refractivity contribution in [3.63, 3.8) is 0 Å². The van der Waals surface area contributed by atoms with E-state index in [1.807, 2.05) is 6.92 Å². The number of unbranched alkanes of at least 4 members (excludes halogenated alkanes) is 3. The number of hydrogen-bond donors (Lipinski definition) is 1. The highest BCUT2D eigenvalue weighted by Crippen LogP contribution is 2.17. The van der Waals surface area contributed by atoms with Crippen molar-refractivity contribution in [2.24, 2.45) is 0 Å². The molecule has 0 unspecified atom stereocenters. The van der Waals surface area contributed by atoms with Gasteiger partial charge in [0.05, 0.1) is 0 Å². The second-order valence-corrected chi connectivity index (χ2v) is 4.44. The minimum absolute atomic E-state index is 0.156. The number of carbonyl (C=O) groups excluding carboxylic acids is 1. The van der Waals surface area contributed by atoms with Crippen molar-refractivity contribution >= 4 is 17.7 Å². The number of aryl methyl sites for hydroxylation is 1. The van der Waals surface area contributed by atoms with E-state index in [1.54, 1.807) is 12.3 Å². The van der Waals surface area contributed by atoms with Crippen molar-refractivity contribution in [2.45, 2.75) is 46.0 Å². The molecule has 0 radical (unpaired) electrons. The minimum atomic E-state index is -0.156. The van der Waals surface area contributed by atoms with Crippen LogP contribution in [0.25, 0.3) is 0 Å². The Morgan fingerprint density at radius 2 is 2.12 bits per heavy atom. The topological polar surface area (TPSA) is 30.0 Å². The Bertz CT molecular complexity index is 363. The summed E-state index contributed by atoms with van der Waals surface area (Å²) in [5, 5.41) is -0.156. The Kier molecular flexibility index (Phi) is 5.53. The number of hydrogen-bond acceptors (Lipinski definition) is 2. The van der Waals surface area contributed by atoms with E-state index in [1.165, 1.54) is 19.3 Å². The first kappa shape index (κ1) is 13.2. The molecule has 1 heterocycles. The van der Waals surface area contributed by atoms with Crippen LogP contribution in [0.2, 0.25) is 0 Å². The van der Waals surface area contributed by atoms with Crippen LogP contribution in [0.4, 0.5) is 0 Å².